The maximum Gasteiger partial charge on any atom is 0.194 e. The minimum Gasteiger partial charge on any atom is -0.289 e. The van der Waals surface area contributed by atoms with Crippen LogP contribution in [0.5, 0.6) is 0 Å². The van der Waals surface area contributed by atoms with Crippen LogP contribution in [0.15, 0.2) is 59.7 Å². The Balaban J connectivity index is 1.62. The molecule has 0 bridgehead atoms. The molecule has 0 amide bonds. The summed E-state index contributed by atoms with van der Waals surface area (Å²) in [6.45, 7) is 13.5. The Morgan fingerprint density at radius 1 is 0.632 bits per heavy atom. The SMILES string of the molecule is C/C(=C\CCc1ccc2c(c1)C(=O)c1ccc(CC/C=C(\C)CCCC(C)C)cc1C2=O)CCCC(C)C. The zero-order valence-corrected chi connectivity index (χ0v) is 24.7. The molecule has 0 N–H and O–H groups in total. The van der Waals surface area contributed by atoms with Crippen molar-refractivity contribution in [2.75, 3.05) is 0 Å². The van der Waals surface area contributed by atoms with Crippen LogP contribution in [0.3, 0.4) is 0 Å². The molecular formula is C36H48O2. The first kappa shape index (κ1) is 29.8. The Hall–Kier alpha value is -2.74. The van der Waals surface area contributed by atoms with Gasteiger partial charge in [-0.25, -0.2) is 0 Å². The lowest BCUT2D eigenvalue weighted by molar-refractivity contribution is 0.0979. The van der Waals surface area contributed by atoms with Gasteiger partial charge < -0.3 is 0 Å². The van der Waals surface area contributed by atoms with E-state index in [0.29, 0.717) is 22.3 Å². The van der Waals surface area contributed by atoms with Gasteiger partial charge in [0, 0.05) is 22.3 Å². The number of aryl methyl sites for hydroxylation is 2. The van der Waals surface area contributed by atoms with Gasteiger partial charge in [-0.15, -0.1) is 0 Å². The minimum atomic E-state index is -0.0238. The van der Waals surface area contributed by atoms with Gasteiger partial charge in [-0.3, -0.25) is 9.59 Å². The average Bonchev–Trinajstić information content (AvgIpc) is 2.86. The van der Waals surface area contributed by atoms with E-state index in [-0.39, 0.29) is 11.6 Å². The van der Waals surface area contributed by atoms with E-state index in [1.807, 2.05) is 36.4 Å². The summed E-state index contributed by atoms with van der Waals surface area (Å²) < 4.78 is 0. The molecule has 0 spiro atoms. The maximum atomic E-state index is 13.4. The third kappa shape index (κ3) is 8.65. The molecular weight excluding hydrogens is 464 g/mol. The molecule has 0 saturated heterocycles. The zero-order chi connectivity index (χ0) is 27.7. The molecule has 0 unspecified atom stereocenters. The molecule has 1 aliphatic rings. The molecule has 2 heteroatoms. The van der Waals surface area contributed by atoms with Gasteiger partial charge in [-0.05, 0) is 100 Å². The van der Waals surface area contributed by atoms with Crippen LogP contribution in [0.1, 0.15) is 136 Å². The van der Waals surface area contributed by atoms with Crippen molar-refractivity contribution in [1.29, 1.82) is 0 Å². The fourth-order valence-electron chi connectivity index (χ4n) is 5.31. The van der Waals surface area contributed by atoms with Crippen LogP contribution in [-0.4, -0.2) is 11.6 Å². The quantitative estimate of drug-likeness (QED) is 0.201. The van der Waals surface area contributed by atoms with E-state index in [1.165, 1.54) is 36.8 Å². The van der Waals surface area contributed by atoms with E-state index >= 15 is 0 Å². The molecule has 204 valence electrons. The van der Waals surface area contributed by atoms with Crippen molar-refractivity contribution >= 4 is 11.6 Å². The largest absolute Gasteiger partial charge is 0.289 e. The molecule has 0 heterocycles. The number of carbonyl (C=O) groups is 2. The van der Waals surface area contributed by atoms with Crippen LogP contribution in [0.25, 0.3) is 0 Å². The average molecular weight is 513 g/mol. The summed E-state index contributed by atoms with van der Waals surface area (Å²) in [6, 6.07) is 11.7. The second-order valence-electron chi connectivity index (χ2n) is 12.2. The lowest BCUT2D eigenvalue weighted by atomic mass is 9.82. The first-order chi connectivity index (χ1) is 18.2. The molecule has 2 aromatic rings. The van der Waals surface area contributed by atoms with E-state index in [0.717, 1.165) is 61.5 Å². The topological polar surface area (TPSA) is 34.1 Å². The Morgan fingerprint density at radius 3 is 1.39 bits per heavy atom. The molecule has 0 aliphatic heterocycles. The second-order valence-corrected chi connectivity index (χ2v) is 12.2. The van der Waals surface area contributed by atoms with Gasteiger partial charge >= 0.3 is 0 Å². The maximum absolute atomic E-state index is 13.4. The van der Waals surface area contributed by atoms with Crippen LogP contribution in [-0.2, 0) is 12.8 Å². The molecule has 2 nitrogen and oxygen atoms in total. The predicted octanol–water partition coefficient (Wildman–Crippen LogP) is 9.87. The molecule has 2 aromatic carbocycles. The summed E-state index contributed by atoms with van der Waals surface area (Å²) in [5.74, 6) is 1.46. The van der Waals surface area contributed by atoms with Crippen molar-refractivity contribution in [3.8, 4) is 0 Å². The lowest BCUT2D eigenvalue weighted by Gasteiger charge is -2.19. The van der Waals surface area contributed by atoms with Crippen LogP contribution in [0, 0.1) is 11.8 Å². The number of allylic oxidation sites excluding steroid dienone is 4. The Labute approximate surface area is 231 Å². The number of carbonyl (C=O) groups excluding carboxylic acids is 2. The van der Waals surface area contributed by atoms with E-state index in [2.05, 4.69) is 53.7 Å². The van der Waals surface area contributed by atoms with Gasteiger partial charge in [-0.2, -0.15) is 0 Å². The Kier molecular flexibility index (Phi) is 11.3. The lowest BCUT2D eigenvalue weighted by Crippen LogP contribution is -2.21. The third-order valence-corrected chi connectivity index (χ3v) is 7.70. The van der Waals surface area contributed by atoms with E-state index in [4.69, 9.17) is 0 Å². The fourth-order valence-corrected chi connectivity index (χ4v) is 5.31. The van der Waals surface area contributed by atoms with Crippen LogP contribution < -0.4 is 0 Å². The normalized spacial score (nSPS) is 13.9. The van der Waals surface area contributed by atoms with Crippen LogP contribution >= 0.6 is 0 Å². The number of hydrogen-bond donors (Lipinski definition) is 0. The molecule has 38 heavy (non-hydrogen) atoms. The summed E-state index contributed by atoms with van der Waals surface area (Å²) in [6.07, 6.45) is 15.7. The summed E-state index contributed by atoms with van der Waals surface area (Å²) in [5, 5.41) is 0. The van der Waals surface area contributed by atoms with Crippen molar-refractivity contribution < 1.29 is 9.59 Å². The van der Waals surface area contributed by atoms with E-state index < -0.39 is 0 Å². The molecule has 0 atom stereocenters. The van der Waals surface area contributed by atoms with Crippen molar-refractivity contribution in [1.82, 2.24) is 0 Å². The molecule has 0 fully saturated rings. The smallest absolute Gasteiger partial charge is 0.194 e. The summed E-state index contributed by atoms with van der Waals surface area (Å²) in [5.41, 5.74) is 7.33. The molecule has 0 radical (unpaired) electrons. The van der Waals surface area contributed by atoms with Crippen LogP contribution in [0.2, 0.25) is 0 Å². The summed E-state index contributed by atoms with van der Waals surface area (Å²) in [7, 11) is 0. The van der Waals surface area contributed by atoms with E-state index in [1.54, 1.807) is 0 Å². The van der Waals surface area contributed by atoms with Gasteiger partial charge in [-0.1, -0.05) is 88.1 Å². The highest BCUT2D eigenvalue weighted by Crippen LogP contribution is 2.29. The van der Waals surface area contributed by atoms with Crippen molar-refractivity contribution in [3.05, 3.63) is 93.1 Å². The fraction of sp³-hybridized carbons (Fsp3) is 0.500. The van der Waals surface area contributed by atoms with Gasteiger partial charge in [0.05, 0.1) is 0 Å². The third-order valence-electron chi connectivity index (χ3n) is 7.70. The van der Waals surface area contributed by atoms with E-state index in [9.17, 15) is 9.59 Å². The van der Waals surface area contributed by atoms with Gasteiger partial charge in [0.25, 0.3) is 0 Å². The molecule has 1 aliphatic carbocycles. The number of ketones is 2. The first-order valence-corrected chi connectivity index (χ1v) is 14.8. The highest BCUT2D eigenvalue weighted by molar-refractivity contribution is 6.28. The van der Waals surface area contributed by atoms with Gasteiger partial charge in [0.15, 0.2) is 11.6 Å². The second kappa shape index (κ2) is 14.4. The van der Waals surface area contributed by atoms with Gasteiger partial charge in [0.1, 0.15) is 0 Å². The molecule has 0 saturated carbocycles. The Morgan fingerprint density at radius 2 is 1.03 bits per heavy atom. The minimum absolute atomic E-state index is 0.0238. The standard InChI is InChI=1S/C36H48O2/c1-25(2)11-7-13-27(5)15-9-17-29-19-21-31-33(23-29)35(37)32-22-20-30(24-34(32)36(31)38)18-10-16-28(6)14-8-12-26(3)4/h15-16,19-26H,7-14,17-18H2,1-6H3/b27-15+,28-16+. The highest BCUT2D eigenvalue weighted by atomic mass is 16.1. The van der Waals surface area contributed by atoms with Crippen LogP contribution in [0.4, 0.5) is 0 Å². The first-order valence-electron chi connectivity index (χ1n) is 14.8. The molecule has 0 aromatic heterocycles. The van der Waals surface area contributed by atoms with Crippen molar-refractivity contribution in [3.63, 3.8) is 0 Å². The number of benzene rings is 2. The van der Waals surface area contributed by atoms with Gasteiger partial charge in [0.2, 0.25) is 0 Å². The number of fused-ring (bicyclic) bond motifs is 2. The van der Waals surface area contributed by atoms with Crippen molar-refractivity contribution in [2.45, 2.75) is 106 Å². The summed E-state index contributed by atoms with van der Waals surface area (Å²) in [4.78, 5) is 26.7. The predicted molar refractivity (Wildman–Crippen MR) is 161 cm³/mol. The number of hydrogen-bond acceptors (Lipinski definition) is 2. The number of rotatable bonds is 14. The van der Waals surface area contributed by atoms with Crippen molar-refractivity contribution in [2.24, 2.45) is 11.8 Å². The molecule has 3 rings (SSSR count). The summed E-state index contributed by atoms with van der Waals surface area (Å²) >= 11 is 0. The Bertz CT molecular complexity index is 1080. The zero-order valence-electron chi connectivity index (χ0n) is 24.7. The highest BCUT2D eigenvalue weighted by Gasteiger charge is 2.29. The monoisotopic (exact) mass is 512 g/mol.